The maximum absolute atomic E-state index is 12.6. The Kier molecular flexibility index (Phi) is 6.89. The molecule has 0 aliphatic carbocycles. The Morgan fingerprint density at radius 3 is 2.74 bits per heavy atom. The first-order valence-electron chi connectivity index (χ1n) is 10.5. The number of esters is 1. The van der Waals surface area contributed by atoms with E-state index in [-0.39, 0.29) is 23.8 Å². The van der Waals surface area contributed by atoms with E-state index in [1.807, 2.05) is 6.92 Å². The minimum Gasteiger partial charge on any atom is -0.466 e. The number of ether oxygens (including phenoxy) is 1. The molecule has 8 heteroatoms. The molecule has 3 aromatic heterocycles. The third-order valence-corrected chi connectivity index (χ3v) is 7.38. The number of aryl methyl sites for hydroxylation is 1. The van der Waals surface area contributed by atoms with Crippen LogP contribution in [-0.4, -0.2) is 36.5 Å². The maximum Gasteiger partial charge on any atom is 0.309 e. The Morgan fingerprint density at radius 1 is 1.29 bits per heavy atom. The number of likely N-dealkylation sites (tertiary alicyclic amines) is 1. The van der Waals surface area contributed by atoms with E-state index in [2.05, 4.69) is 40.7 Å². The molecule has 0 radical (unpaired) electrons. The number of hydrogen-bond acceptors (Lipinski definition) is 7. The lowest BCUT2D eigenvalue weighted by Crippen LogP contribution is -2.39. The number of thiophene rings is 2. The lowest BCUT2D eigenvalue weighted by atomic mass is 9.94. The fraction of sp³-hybridized carbons (Fsp3) is 0.391. The van der Waals surface area contributed by atoms with Gasteiger partial charge in [-0.15, -0.1) is 22.7 Å². The van der Waals surface area contributed by atoms with Gasteiger partial charge in [0.25, 0.3) is 5.91 Å². The normalized spacial score (nSPS) is 16.2. The minimum absolute atomic E-state index is 0.0278. The zero-order valence-corrected chi connectivity index (χ0v) is 19.3. The molecule has 1 saturated heterocycles. The highest BCUT2D eigenvalue weighted by atomic mass is 32.1. The van der Waals surface area contributed by atoms with Crippen molar-refractivity contribution < 1.29 is 18.7 Å². The van der Waals surface area contributed by atoms with Crippen LogP contribution < -0.4 is 5.32 Å². The molecule has 1 fully saturated rings. The summed E-state index contributed by atoms with van der Waals surface area (Å²) in [5.41, 5.74) is 1.08. The topological polar surface area (TPSA) is 71.8 Å². The molecule has 1 aliphatic rings. The second-order valence-electron chi connectivity index (χ2n) is 7.55. The first-order valence-corrected chi connectivity index (χ1v) is 12.2. The van der Waals surface area contributed by atoms with Crippen LogP contribution in [0.15, 0.2) is 46.4 Å². The van der Waals surface area contributed by atoms with E-state index in [4.69, 9.17) is 9.15 Å². The SMILES string of the molecule is CCOC(=O)C1CCN([C@H](c2cccs2)c2cc(C)sc2NC(=O)c2ccco2)CC1. The van der Waals surface area contributed by atoms with Gasteiger partial charge in [-0.1, -0.05) is 6.07 Å². The molecule has 1 aliphatic heterocycles. The van der Waals surface area contributed by atoms with E-state index in [0.717, 1.165) is 41.4 Å². The largest absolute Gasteiger partial charge is 0.466 e. The summed E-state index contributed by atoms with van der Waals surface area (Å²) in [5.74, 6) is -0.0888. The zero-order chi connectivity index (χ0) is 21.8. The van der Waals surface area contributed by atoms with Crippen LogP contribution >= 0.6 is 22.7 Å². The molecule has 6 nitrogen and oxygen atoms in total. The van der Waals surface area contributed by atoms with Gasteiger partial charge in [0.15, 0.2) is 5.76 Å². The van der Waals surface area contributed by atoms with Crippen molar-refractivity contribution in [1.82, 2.24) is 4.90 Å². The van der Waals surface area contributed by atoms with Crippen molar-refractivity contribution in [3.8, 4) is 0 Å². The molecular formula is C23H26N2O4S2. The highest BCUT2D eigenvalue weighted by Gasteiger charge is 2.33. The van der Waals surface area contributed by atoms with Gasteiger partial charge in [-0.05, 0) is 69.4 Å². The number of amides is 1. The molecule has 0 spiro atoms. The standard InChI is InChI=1S/C23H26N2O4S2/c1-3-28-23(27)16-8-10-25(11-9-16)20(19-7-5-13-30-19)17-14-15(2)31-22(17)24-21(26)18-6-4-12-29-18/h4-7,12-14,16,20H,3,8-11H2,1-2H3,(H,24,26)/t20-/m0/s1. The van der Waals surface area contributed by atoms with Crippen molar-refractivity contribution in [2.75, 3.05) is 25.0 Å². The molecule has 3 aromatic rings. The Morgan fingerprint density at radius 2 is 2.10 bits per heavy atom. The number of anilines is 1. The summed E-state index contributed by atoms with van der Waals surface area (Å²) in [5, 5.41) is 5.96. The number of piperidine rings is 1. The Balaban J connectivity index is 1.58. The highest BCUT2D eigenvalue weighted by molar-refractivity contribution is 7.16. The Labute approximate surface area is 189 Å². The number of furan rings is 1. The second-order valence-corrected chi connectivity index (χ2v) is 9.79. The number of hydrogen-bond donors (Lipinski definition) is 1. The summed E-state index contributed by atoms with van der Waals surface area (Å²) in [4.78, 5) is 29.6. The van der Waals surface area contributed by atoms with Crippen LogP contribution in [0, 0.1) is 12.8 Å². The summed E-state index contributed by atoms with van der Waals surface area (Å²) >= 11 is 3.28. The predicted molar refractivity (Wildman–Crippen MR) is 123 cm³/mol. The average Bonchev–Trinajstić information content (AvgIpc) is 3.52. The third kappa shape index (κ3) is 4.92. The van der Waals surface area contributed by atoms with Gasteiger partial charge in [0, 0.05) is 15.3 Å². The lowest BCUT2D eigenvalue weighted by molar-refractivity contribution is -0.149. The third-order valence-electron chi connectivity index (χ3n) is 5.48. The first-order chi connectivity index (χ1) is 15.1. The Hall–Kier alpha value is -2.42. The number of carbonyl (C=O) groups excluding carboxylic acids is 2. The summed E-state index contributed by atoms with van der Waals surface area (Å²) in [6.07, 6.45) is 3.05. The van der Waals surface area contributed by atoms with Gasteiger partial charge >= 0.3 is 5.97 Å². The molecule has 164 valence electrons. The van der Waals surface area contributed by atoms with E-state index in [1.54, 1.807) is 34.8 Å². The number of carbonyl (C=O) groups is 2. The number of rotatable bonds is 7. The van der Waals surface area contributed by atoms with Crippen LogP contribution in [0.1, 0.15) is 51.7 Å². The number of nitrogens with zero attached hydrogens (tertiary/aromatic N) is 1. The molecule has 0 saturated carbocycles. The summed E-state index contributed by atoms with van der Waals surface area (Å²) in [6, 6.07) is 9.74. The molecule has 31 heavy (non-hydrogen) atoms. The van der Waals surface area contributed by atoms with Gasteiger partial charge in [-0.3, -0.25) is 14.5 Å². The molecule has 1 atom stereocenters. The second kappa shape index (κ2) is 9.80. The van der Waals surface area contributed by atoms with E-state index >= 15 is 0 Å². The first kappa shape index (κ1) is 21.8. The van der Waals surface area contributed by atoms with Crippen molar-refractivity contribution in [2.45, 2.75) is 32.7 Å². The molecule has 0 aromatic carbocycles. The molecule has 4 rings (SSSR count). The van der Waals surface area contributed by atoms with Crippen molar-refractivity contribution in [3.63, 3.8) is 0 Å². The molecule has 1 N–H and O–H groups in total. The molecular weight excluding hydrogens is 432 g/mol. The smallest absolute Gasteiger partial charge is 0.309 e. The van der Waals surface area contributed by atoms with E-state index in [1.165, 1.54) is 11.1 Å². The van der Waals surface area contributed by atoms with Crippen LogP contribution in [0.5, 0.6) is 0 Å². The quantitative estimate of drug-likeness (QED) is 0.485. The monoisotopic (exact) mass is 458 g/mol. The zero-order valence-electron chi connectivity index (χ0n) is 17.6. The van der Waals surface area contributed by atoms with Gasteiger partial charge in [0.1, 0.15) is 5.00 Å². The predicted octanol–water partition coefficient (Wildman–Crippen LogP) is 5.33. The highest BCUT2D eigenvalue weighted by Crippen LogP contribution is 2.42. The van der Waals surface area contributed by atoms with Crippen molar-refractivity contribution in [2.24, 2.45) is 5.92 Å². The minimum atomic E-state index is -0.251. The van der Waals surface area contributed by atoms with Gasteiger partial charge in [-0.25, -0.2) is 0 Å². The van der Waals surface area contributed by atoms with Gasteiger partial charge in [-0.2, -0.15) is 0 Å². The summed E-state index contributed by atoms with van der Waals surface area (Å²) in [6.45, 7) is 5.91. The Bertz CT molecular complexity index is 1000. The van der Waals surface area contributed by atoms with E-state index < -0.39 is 0 Å². The molecule has 4 heterocycles. The summed E-state index contributed by atoms with van der Waals surface area (Å²) in [7, 11) is 0. The maximum atomic E-state index is 12.6. The van der Waals surface area contributed by atoms with E-state index in [0.29, 0.717) is 12.4 Å². The molecule has 0 unspecified atom stereocenters. The molecule has 1 amide bonds. The summed E-state index contributed by atoms with van der Waals surface area (Å²) < 4.78 is 10.5. The van der Waals surface area contributed by atoms with Crippen molar-refractivity contribution in [1.29, 1.82) is 0 Å². The number of nitrogens with one attached hydrogen (secondary N) is 1. The van der Waals surface area contributed by atoms with Gasteiger partial charge in [0.2, 0.25) is 0 Å². The van der Waals surface area contributed by atoms with Crippen molar-refractivity contribution >= 4 is 39.6 Å². The van der Waals surface area contributed by atoms with Crippen LogP contribution in [0.4, 0.5) is 5.00 Å². The average molecular weight is 459 g/mol. The van der Waals surface area contributed by atoms with Crippen LogP contribution in [0.2, 0.25) is 0 Å². The molecule has 0 bridgehead atoms. The van der Waals surface area contributed by atoms with E-state index in [9.17, 15) is 9.59 Å². The fourth-order valence-corrected chi connectivity index (χ4v) is 5.85. The van der Waals surface area contributed by atoms with Crippen molar-refractivity contribution in [3.05, 3.63) is 63.1 Å². The lowest BCUT2D eigenvalue weighted by Gasteiger charge is -2.36. The fourth-order valence-electron chi connectivity index (χ4n) is 4.04. The van der Waals surface area contributed by atoms with Crippen LogP contribution in [0.3, 0.4) is 0 Å². The van der Waals surface area contributed by atoms with Crippen LogP contribution in [0.25, 0.3) is 0 Å². The van der Waals surface area contributed by atoms with Crippen LogP contribution in [-0.2, 0) is 9.53 Å². The van der Waals surface area contributed by atoms with Gasteiger partial charge in [0.05, 0.1) is 24.8 Å². The van der Waals surface area contributed by atoms with Gasteiger partial charge < -0.3 is 14.5 Å².